The van der Waals surface area contributed by atoms with Crippen molar-refractivity contribution in [3.8, 4) is 79.0 Å². The van der Waals surface area contributed by atoms with Crippen LogP contribution >= 0.6 is 0 Å². The molecule has 1 spiro atoms. The van der Waals surface area contributed by atoms with E-state index in [4.69, 9.17) is 19.7 Å². The number of fused-ring (bicyclic) bond motifs is 9. The molecule has 0 fully saturated rings. The quantitative estimate of drug-likeness (QED) is 0.178. The summed E-state index contributed by atoms with van der Waals surface area (Å²) >= 11 is 0. The van der Waals surface area contributed by atoms with Gasteiger partial charge < -0.3 is 4.74 Å². The summed E-state index contributed by atoms with van der Waals surface area (Å²) in [6.45, 7) is 0. The minimum absolute atomic E-state index is 0.625. The third kappa shape index (κ3) is 4.96. The Morgan fingerprint density at radius 3 is 1.34 bits per heavy atom. The smallest absolute Gasteiger partial charge is 0.164 e. The molecule has 0 atom stereocenters. The molecule has 0 saturated carbocycles. The molecule has 4 nitrogen and oxygen atoms in total. The van der Waals surface area contributed by atoms with Crippen LogP contribution in [0.5, 0.6) is 11.5 Å². The fraction of sp³-hybridized carbons (Fsp3) is 0.0192. The van der Waals surface area contributed by atoms with Gasteiger partial charge in [-0.15, -0.1) is 0 Å². The van der Waals surface area contributed by atoms with Crippen LogP contribution in [0.3, 0.4) is 0 Å². The van der Waals surface area contributed by atoms with Crippen molar-refractivity contribution in [1.29, 1.82) is 0 Å². The van der Waals surface area contributed by atoms with Gasteiger partial charge in [-0.2, -0.15) is 0 Å². The molecule has 11 rings (SSSR count). The first-order valence-electron chi connectivity index (χ1n) is 18.9. The second kappa shape index (κ2) is 12.9. The zero-order chi connectivity index (χ0) is 37.1. The van der Waals surface area contributed by atoms with Gasteiger partial charge in [0, 0.05) is 27.8 Å². The van der Waals surface area contributed by atoms with E-state index in [1.54, 1.807) is 0 Å². The van der Waals surface area contributed by atoms with Crippen molar-refractivity contribution in [2.75, 3.05) is 0 Å². The number of hydrogen-bond donors (Lipinski definition) is 0. The molecule has 0 unspecified atom stereocenters. The molecule has 4 heteroatoms. The minimum atomic E-state index is -0.713. The maximum Gasteiger partial charge on any atom is 0.164 e. The van der Waals surface area contributed by atoms with Crippen LogP contribution in [-0.4, -0.2) is 15.0 Å². The number of para-hydroxylation sites is 2. The fourth-order valence-corrected chi connectivity index (χ4v) is 8.74. The standard InChI is InChI=1S/C52H33N3O/c1-4-15-34(16-5-1)35-27-29-36(30-28-35)39-31-32-43-42(33-39)40-21-14-22-41(48(40)52(43)44-23-10-12-25-46(44)56-47-26-13-11-24-45(47)52)51-54-49(37-17-6-2-7-18-37)53-50(55-51)38-19-8-3-9-20-38/h1-33H. The summed E-state index contributed by atoms with van der Waals surface area (Å²) in [7, 11) is 0. The first kappa shape index (κ1) is 32.0. The summed E-state index contributed by atoms with van der Waals surface area (Å²) in [6.07, 6.45) is 0. The van der Waals surface area contributed by atoms with Gasteiger partial charge >= 0.3 is 0 Å². The van der Waals surface area contributed by atoms with Gasteiger partial charge in [0.25, 0.3) is 0 Å². The monoisotopic (exact) mass is 715 g/mol. The highest BCUT2D eigenvalue weighted by Crippen LogP contribution is 2.64. The lowest BCUT2D eigenvalue weighted by Crippen LogP contribution is -2.32. The van der Waals surface area contributed by atoms with Crippen LogP contribution in [0.4, 0.5) is 0 Å². The van der Waals surface area contributed by atoms with Crippen molar-refractivity contribution < 1.29 is 4.74 Å². The zero-order valence-corrected chi connectivity index (χ0v) is 30.3. The lowest BCUT2D eigenvalue weighted by Gasteiger charge is -2.40. The molecular formula is C52H33N3O. The Morgan fingerprint density at radius 2 is 0.750 bits per heavy atom. The van der Waals surface area contributed by atoms with Crippen LogP contribution in [0.1, 0.15) is 22.3 Å². The van der Waals surface area contributed by atoms with E-state index in [1.807, 2.05) is 36.4 Å². The maximum atomic E-state index is 6.69. The summed E-state index contributed by atoms with van der Waals surface area (Å²) in [6, 6.07) is 70.2. The predicted molar refractivity (Wildman–Crippen MR) is 224 cm³/mol. The van der Waals surface area contributed by atoms with E-state index in [0.29, 0.717) is 17.5 Å². The number of ether oxygens (including phenoxy) is 1. The van der Waals surface area contributed by atoms with Gasteiger partial charge in [0.1, 0.15) is 11.5 Å². The van der Waals surface area contributed by atoms with E-state index < -0.39 is 5.41 Å². The Morgan fingerprint density at radius 1 is 0.304 bits per heavy atom. The molecule has 8 aromatic carbocycles. The van der Waals surface area contributed by atoms with Crippen LogP contribution in [0.2, 0.25) is 0 Å². The third-order valence-electron chi connectivity index (χ3n) is 11.2. The molecule has 0 saturated heterocycles. The summed E-state index contributed by atoms with van der Waals surface area (Å²) < 4.78 is 6.69. The average Bonchev–Trinajstić information content (AvgIpc) is 3.57. The second-order valence-electron chi connectivity index (χ2n) is 14.3. The lowest BCUT2D eigenvalue weighted by molar-refractivity contribution is 0.436. The Labute approximate surface area is 325 Å². The molecule has 56 heavy (non-hydrogen) atoms. The van der Waals surface area contributed by atoms with E-state index in [-0.39, 0.29) is 0 Å². The minimum Gasteiger partial charge on any atom is -0.457 e. The zero-order valence-electron chi connectivity index (χ0n) is 30.3. The van der Waals surface area contributed by atoms with Gasteiger partial charge in [-0.25, -0.2) is 15.0 Å². The average molecular weight is 716 g/mol. The van der Waals surface area contributed by atoms with Crippen molar-refractivity contribution in [3.05, 3.63) is 222 Å². The molecule has 0 radical (unpaired) electrons. The fourth-order valence-electron chi connectivity index (χ4n) is 8.74. The summed E-state index contributed by atoms with van der Waals surface area (Å²) in [4.78, 5) is 15.6. The van der Waals surface area contributed by atoms with Gasteiger partial charge in [-0.05, 0) is 62.7 Å². The normalized spacial score (nSPS) is 12.9. The third-order valence-corrected chi connectivity index (χ3v) is 11.2. The highest BCUT2D eigenvalue weighted by atomic mass is 16.5. The maximum absolute atomic E-state index is 6.69. The lowest BCUT2D eigenvalue weighted by atomic mass is 9.65. The Hall–Kier alpha value is -7.43. The highest BCUT2D eigenvalue weighted by molar-refractivity contribution is 5.95. The number of aromatic nitrogens is 3. The van der Waals surface area contributed by atoms with Crippen molar-refractivity contribution in [2.24, 2.45) is 0 Å². The van der Waals surface area contributed by atoms with E-state index in [2.05, 4.69) is 164 Å². The van der Waals surface area contributed by atoms with Gasteiger partial charge in [0.05, 0.1) is 5.41 Å². The van der Waals surface area contributed by atoms with E-state index >= 15 is 0 Å². The highest BCUT2D eigenvalue weighted by Gasteiger charge is 2.52. The van der Waals surface area contributed by atoms with Gasteiger partial charge in [-0.3, -0.25) is 0 Å². The molecular weight excluding hydrogens is 683 g/mol. The van der Waals surface area contributed by atoms with Crippen LogP contribution < -0.4 is 4.74 Å². The summed E-state index contributed by atoms with van der Waals surface area (Å²) in [5.41, 5.74) is 13.7. The SMILES string of the molecule is c1ccc(-c2ccc(-c3ccc4c(c3)-c3cccc(-c5nc(-c6ccccc6)nc(-c6ccccc6)n5)c3C43c4ccccc4Oc4ccccc43)cc2)cc1. The summed E-state index contributed by atoms with van der Waals surface area (Å²) in [5.74, 6) is 3.56. The Balaban J connectivity index is 1.19. The molecule has 2 heterocycles. The molecule has 1 aliphatic heterocycles. The predicted octanol–water partition coefficient (Wildman–Crippen LogP) is 12.7. The molecule has 1 aromatic heterocycles. The van der Waals surface area contributed by atoms with E-state index in [9.17, 15) is 0 Å². The topological polar surface area (TPSA) is 47.9 Å². The van der Waals surface area contributed by atoms with Crippen molar-refractivity contribution in [3.63, 3.8) is 0 Å². The van der Waals surface area contributed by atoms with Gasteiger partial charge in [0.2, 0.25) is 0 Å². The number of nitrogens with zero attached hydrogens (tertiary/aromatic N) is 3. The second-order valence-corrected chi connectivity index (χ2v) is 14.3. The molecule has 0 bridgehead atoms. The molecule has 1 aliphatic carbocycles. The Kier molecular flexibility index (Phi) is 7.36. The van der Waals surface area contributed by atoms with E-state index in [1.165, 1.54) is 22.3 Å². The first-order chi connectivity index (χ1) is 27.8. The van der Waals surface area contributed by atoms with E-state index in [0.717, 1.165) is 61.6 Å². The Bertz CT molecular complexity index is 2820. The number of benzene rings is 8. The van der Waals surface area contributed by atoms with Gasteiger partial charge in [-0.1, -0.05) is 182 Å². The van der Waals surface area contributed by atoms with Crippen molar-refractivity contribution in [1.82, 2.24) is 15.0 Å². The van der Waals surface area contributed by atoms with Crippen molar-refractivity contribution >= 4 is 0 Å². The molecule has 0 amide bonds. The molecule has 9 aromatic rings. The van der Waals surface area contributed by atoms with Crippen LogP contribution in [0.25, 0.3) is 67.5 Å². The van der Waals surface area contributed by atoms with Crippen LogP contribution in [0, 0.1) is 0 Å². The summed E-state index contributed by atoms with van der Waals surface area (Å²) in [5, 5.41) is 0. The number of rotatable bonds is 5. The van der Waals surface area contributed by atoms with Crippen LogP contribution in [0.15, 0.2) is 200 Å². The largest absolute Gasteiger partial charge is 0.457 e. The molecule has 2 aliphatic rings. The van der Waals surface area contributed by atoms with Gasteiger partial charge in [0.15, 0.2) is 17.5 Å². The van der Waals surface area contributed by atoms with Crippen LogP contribution in [-0.2, 0) is 5.41 Å². The molecule has 0 N–H and O–H groups in total. The number of hydrogen-bond acceptors (Lipinski definition) is 4. The molecule has 262 valence electrons. The van der Waals surface area contributed by atoms with Crippen molar-refractivity contribution in [2.45, 2.75) is 5.41 Å². The first-order valence-corrected chi connectivity index (χ1v) is 18.9.